The molecule has 9 heteroatoms. The van der Waals surface area contributed by atoms with Gasteiger partial charge < -0.3 is 30.2 Å². The summed E-state index contributed by atoms with van der Waals surface area (Å²) in [6.45, 7) is 14.8. The molecule has 4 saturated carbocycles. The van der Waals surface area contributed by atoms with E-state index in [1.54, 1.807) is 45.0 Å². The maximum absolute atomic E-state index is 14.2. The zero-order valence-corrected chi connectivity index (χ0v) is 31.3. The van der Waals surface area contributed by atoms with Gasteiger partial charge in [0, 0.05) is 20.9 Å². The smallest absolute Gasteiger partial charge is 0.336 e. The van der Waals surface area contributed by atoms with Gasteiger partial charge in [0.05, 0.1) is 17.6 Å². The largest absolute Gasteiger partial charge is 0.458 e. The summed E-state index contributed by atoms with van der Waals surface area (Å²) in [5, 5.41) is 23.1. The zero-order chi connectivity index (χ0) is 38.6. The number of carbonyl (C=O) groups is 3. The minimum absolute atomic E-state index is 0.0652. The highest BCUT2D eigenvalue weighted by molar-refractivity contribution is 5.90. The molecule has 4 fully saturated rings. The molecule has 1 aromatic rings. The number of nitrogens with two attached hydrogens (primary N) is 1. The van der Waals surface area contributed by atoms with Crippen LogP contribution in [0.1, 0.15) is 121 Å². The van der Waals surface area contributed by atoms with E-state index >= 15 is 0 Å². The Morgan fingerprint density at radius 1 is 1.00 bits per heavy atom. The van der Waals surface area contributed by atoms with Crippen molar-refractivity contribution in [2.45, 2.75) is 138 Å². The number of rotatable bonds is 9. The summed E-state index contributed by atoms with van der Waals surface area (Å²) < 4.78 is 34.7. The molecule has 9 nitrogen and oxygen atoms in total. The fourth-order valence-corrected chi connectivity index (χ4v) is 10.8. The van der Waals surface area contributed by atoms with Gasteiger partial charge >= 0.3 is 17.9 Å². The second kappa shape index (κ2) is 14.3. The van der Waals surface area contributed by atoms with E-state index in [4.69, 9.17) is 22.7 Å². The molecular weight excluding hydrogens is 634 g/mol. The Labute approximate surface area is 301 Å². The average Bonchev–Trinajstić information content (AvgIpc) is 3.33. The first-order chi connectivity index (χ1) is 24.2. The first kappa shape index (κ1) is 35.5. The van der Waals surface area contributed by atoms with Gasteiger partial charge in [-0.05, 0) is 148 Å². The van der Waals surface area contributed by atoms with E-state index in [0.29, 0.717) is 36.1 Å². The summed E-state index contributed by atoms with van der Waals surface area (Å²) in [5.41, 5.74) is 6.01. The second-order valence-electron chi connectivity index (χ2n) is 17.4. The molecule has 0 heterocycles. The van der Waals surface area contributed by atoms with Crippen molar-refractivity contribution < 1.29 is 41.5 Å². The maximum atomic E-state index is 14.2. The highest BCUT2D eigenvalue weighted by Crippen LogP contribution is 2.74. The van der Waals surface area contributed by atoms with Gasteiger partial charge in [-0.2, -0.15) is 0 Å². The molecule has 278 valence electrons. The van der Waals surface area contributed by atoms with Crippen LogP contribution in [0.4, 0.5) is 5.69 Å². The van der Waals surface area contributed by atoms with Crippen LogP contribution in [-0.2, 0) is 35.0 Å². The lowest BCUT2D eigenvalue weighted by Gasteiger charge is -2.69. The van der Waals surface area contributed by atoms with Crippen molar-refractivity contribution in [3.8, 4) is 0 Å². The molecule has 0 amide bonds. The molecule has 0 bridgehead atoms. The Kier molecular flexibility index (Phi) is 10.1. The Bertz CT molecular complexity index is 1540. The van der Waals surface area contributed by atoms with Crippen LogP contribution in [0.2, 0.25) is 0 Å². The summed E-state index contributed by atoms with van der Waals surface area (Å²) in [5.74, 6) is -1.78. The molecule has 0 aromatic heterocycles. The number of hydrogen-bond acceptors (Lipinski definition) is 9. The Morgan fingerprint density at radius 2 is 1.68 bits per heavy atom. The number of nitrogen functional groups attached to an aromatic ring is 1. The molecule has 0 saturated heterocycles. The van der Waals surface area contributed by atoms with Gasteiger partial charge in [0.15, 0.2) is 0 Å². The van der Waals surface area contributed by atoms with Crippen LogP contribution in [0.3, 0.4) is 0 Å². The number of aliphatic hydroxyl groups excluding tert-OH is 2. The maximum Gasteiger partial charge on any atom is 0.336 e. The molecule has 12 atom stereocenters. The first-order valence-electron chi connectivity index (χ1n) is 19.6. The van der Waals surface area contributed by atoms with E-state index in [2.05, 4.69) is 27.7 Å². The highest BCUT2D eigenvalue weighted by atomic mass is 16.7. The molecule has 5 rings (SSSR count). The minimum atomic E-state index is -0.914. The van der Waals surface area contributed by atoms with Crippen LogP contribution in [0.5, 0.6) is 0 Å². The fraction of sp³-hybridized carbons (Fsp3) is 0.732. The lowest BCUT2D eigenvalue weighted by Crippen LogP contribution is -2.65. The molecule has 4 aliphatic rings. The summed E-state index contributed by atoms with van der Waals surface area (Å²) >= 11 is 0. The number of aliphatic hydroxyl groups is 2. The third-order valence-corrected chi connectivity index (χ3v) is 13.4. The summed E-state index contributed by atoms with van der Waals surface area (Å²) in [4.78, 5) is 39.4. The molecule has 4 N–H and O–H groups in total. The predicted octanol–water partition coefficient (Wildman–Crippen LogP) is 6.92. The number of aryl methyl sites for hydroxylation is 1. The standard InChI is InChI=1S/C41H61NO8/c1-24-29-17-20-40(7)35(39(29,6)19-18-31(24)44)32(45)21-30-34(33(50-25(2)43)22-41(30,40)8)28(36(46)48-23-49-37(47)38(3,4)5)12-10-9-11-26-13-15-27(42)16-14-26/h13-16,24,29-33,35,44-45H,9-12,17-23,42H2,1-8H3/b34-28-/t24-,29-,30-,31+,32+,33-,35-,39-,40-,41-/m0/s1/i9T,11T/t9?,11?,24-,29-,30-,31+,32+,33-,35-,39-,40-,41-. The van der Waals surface area contributed by atoms with Crippen molar-refractivity contribution in [2.24, 2.45) is 45.3 Å². The molecule has 1 aromatic carbocycles. The SMILES string of the molecule is [3H]C(CC/C(C(=O)OCOC(=O)C(C)(C)C)=C1/[C@@H](OC(C)=O)C[C@@]2(C)[C@H]1C[C@@H](O)[C@H]1[C@@]3(C)CC[C@@H](O)[C@@H](C)[C@@H]3CC[C@@]12C)C([3H])c1ccc(N)cc1. The van der Waals surface area contributed by atoms with Gasteiger partial charge in [-0.25, -0.2) is 4.79 Å². The number of hydrogen-bond donors (Lipinski definition) is 3. The first-order valence-corrected chi connectivity index (χ1v) is 18.5. The Morgan fingerprint density at radius 3 is 2.32 bits per heavy atom. The van der Waals surface area contributed by atoms with Crippen LogP contribution in [0, 0.1) is 45.3 Å². The van der Waals surface area contributed by atoms with Crippen LogP contribution < -0.4 is 5.73 Å². The number of esters is 3. The summed E-state index contributed by atoms with van der Waals surface area (Å²) in [7, 11) is 0. The van der Waals surface area contributed by atoms with Crippen molar-refractivity contribution >= 4 is 23.6 Å². The second-order valence-corrected chi connectivity index (χ2v) is 17.4. The molecule has 50 heavy (non-hydrogen) atoms. The zero-order valence-electron chi connectivity index (χ0n) is 33.3. The predicted molar refractivity (Wildman–Crippen MR) is 191 cm³/mol. The summed E-state index contributed by atoms with van der Waals surface area (Å²) in [6.07, 6.45) is 0.582. The molecular formula is C41H61NO8. The molecule has 0 aliphatic heterocycles. The van der Waals surface area contributed by atoms with Gasteiger partial charge in [0.1, 0.15) is 6.10 Å². The number of carbonyl (C=O) groups excluding carboxylic acids is 3. The van der Waals surface area contributed by atoms with E-state index < -0.39 is 60.5 Å². The number of benzene rings is 1. The van der Waals surface area contributed by atoms with Crippen molar-refractivity contribution in [2.75, 3.05) is 12.5 Å². The molecule has 2 unspecified atom stereocenters. The van der Waals surface area contributed by atoms with E-state index in [-0.39, 0.29) is 59.0 Å². The normalized spacial score (nSPS) is 39.4. The van der Waals surface area contributed by atoms with Gasteiger partial charge in [0.2, 0.25) is 6.79 Å². The Hall–Kier alpha value is -2.91. The number of fused-ring (bicyclic) bond motifs is 5. The van der Waals surface area contributed by atoms with Gasteiger partial charge in [-0.3, -0.25) is 9.59 Å². The topological polar surface area (TPSA) is 145 Å². The molecule has 0 spiro atoms. The van der Waals surface area contributed by atoms with Gasteiger partial charge in [0.25, 0.3) is 0 Å². The third kappa shape index (κ3) is 6.98. The monoisotopic (exact) mass is 699 g/mol. The third-order valence-electron chi connectivity index (χ3n) is 13.4. The van der Waals surface area contributed by atoms with Gasteiger partial charge in [-0.15, -0.1) is 0 Å². The quantitative estimate of drug-likeness (QED) is 0.108. The van der Waals surface area contributed by atoms with Gasteiger partial charge in [-0.1, -0.05) is 39.8 Å². The minimum Gasteiger partial charge on any atom is -0.458 e. The van der Waals surface area contributed by atoms with E-state index in [1.807, 2.05) is 0 Å². The lowest BCUT2D eigenvalue weighted by molar-refractivity contribution is -0.234. The average molecular weight is 700 g/mol. The highest BCUT2D eigenvalue weighted by Gasteiger charge is 2.70. The van der Waals surface area contributed by atoms with Crippen LogP contribution >= 0.6 is 0 Å². The van der Waals surface area contributed by atoms with Crippen LogP contribution in [0.25, 0.3) is 0 Å². The van der Waals surface area contributed by atoms with Crippen molar-refractivity contribution in [1.82, 2.24) is 0 Å². The van der Waals surface area contributed by atoms with E-state index in [0.717, 1.165) is 19.3 Å². The van der Waals surface area contributed by atoms with Crippen molar-refractivity contribution in [3.63, 3.8) is 0 Å². The summed E-state index contributed by atoms with van der Waals surface area (Å²) in [6, 6.07) is 6.86. The number of anilines is 1. The lowest BCUT2D eigenvalue weighted by atomic mass is 9.36. The van der Waals surface area contributed by atoms with E-state index in [9.17, 15) is 24.6 Å². The van der Waals surface area contributed by atoms with E-state index in [1.165, 1.54) is 6.92 Å². The fourth-order valence-electron chi connectivity index (χ4n) is 10.8. The van der Waals surface area contributed by atoms with Crippen molar-refractivity contribution in [3.05, 3.63) is 41.0 Å². The van der Waals surface area contributed by atoms with Crippen molar-refractivity contribution in [1.29, 1.82) is 0 Å². The number of ether oxygens (including phenoxy) is 3. The van der Waals surface area contributed by atoms with Crippen LogP contribution in [-0.4, -0.2) is 53.2 Å². The van der Waals surface area contributed by atoms with Crippen LogP contribution in [0.15, 0.2) is 35.4 Å². The molecule has 0 radical (unpaired) electrons. The molecule has 4 aliphatic carbocycles. The Balaban J connectivity index is 1.55.